The molecule has 0 aliphatic carbocycles. The van der Waals surface area contributed by atoms with Crippen LogP contribution in [0.25, 0.3) is 0 Å². The Hall–Kier alpha value is -1.88. The molecule has 1 aromatic carbocycles. The first-order chi connectivity index (χ1) is 9.56. The van der Waals surface area contributed by atoms with Crippen LogP contribution >= 0.6 is 0 Å². The highest BCUT2D eigenvalue weighted by Gasteiger charge is 2.25. The Kier molecular flexibility index (Phi) is 4.74. The van der Waals surface area contributed by atoms with E-state index in [0.717, 1.165) is 30.6 Å². The van der Waals surface area contributed by atoms with Crippen molar-refractivity contribution in [2.45, 2.75) is 38.8 Å². The van der Waals surface area contributed by atoms with E-state index in [-0.39, 0.29) is 17.9 Å². The van der Waals surface area contributed by atoms with Crippen molar-refractivity contribution in [3.8, 4) is 0 Å². The zero-order valence-electron chi connectivity index (χ0n) is 11.9. The highest BCUT2D eigenvalue weighted by molar-refractivity contribution is 5.95. The van der Waals surface area contributed by atoms with Crippen LogP contribution in [0.4, 0.5) is 5.69 Å². The van der Waals surface area contributed by atoms with Crippen LogP contribution in [0.3, 0.4) is 0 Å². The zero-order valence-corrected chi connectivity index (χ0v) is 11.9. The lowest BCUT2D eigenvalue weighted by Crippen LogP contribution is -2.53. The lowest BCUT2D eigenvalue weighted by Gasteiger charge is -2.25. The van der Waals surface area contributed by atoms with Crippen LogP contribution in [0.1, 0.15) is 25.3 Å². The first kappa shape index (κ1) is 14.5. The minimum Gasteiger partial charge on any atom is -0.355 e. The number of amides is 2. The van der Waals surface area contributed by atoms with Crippen molar-refractivity contribution in [3.63, 3.8) is 0 Å². The zero-order chi connectivity index (χ0) is 14.5. The van der Waals surface area contributed by atoms with Gasteiger partial charge in [0.2, 0.25) is 11.8 Å². The average molecular weight is 275 g/mol. The summed E-state index contributed by atoms with van der Waals surface area (Å²) in [6.07, 6.45) is 1.71. The van der Waals surface area contributed by atoms with Crippen LogP contribution in [0.2, 0.25) is 0 Å². The molecule has 0 bridgehead atoms. The predicted molar refractivity (Wildman–Crippen MR) is 78.4 cm³/mol. The first-order valence-corrected chi connectivity index (χ1v) is 6.97. The Labute approximate surface area is 119 Å². The van der Waals surface area contributed by atoms with Gasteiger partial charge < -0.3 is 10.6 Å². The van der Waals surface area contributed by atoms with Crippen molar-refractivity contribution in [1.82, 2.24) is 10.6 Å². The molecular weight excluding hydrogens is 254 g/mol. The Morgan fingerprint density at radius 2 is 2.05 bits per heavy atom. The topological polar surface area (TPSA) is 70.2 Å². The monoisotopic (exact) mass is 275 g/mol. The molecule has 2 unspecified atom stereocenters. The Morgan fingerprint density at radius 1 is 1.35 bits per heavy atom. The minimum atomic E-state index is -0.412. The second kappa shape index (κ2) is 6.52. The van der Waals surface area contributed by atoms with Gasteiger partial charge in [0.25, 0.3) is 0 Å². The van der Waals surface area contributed by atoms with Gasteiger partial charge in [-0.1, -0.05) is 17.7 Å². The maximum absolute atomic E-state index is 12.1. The minimum absolute atomic E-state index is 0.0220. The van der Waals surface area contributed by atoms with Crippen LogP contribution in [0, 0.1) is 6.92 Å². The number of benzene rings is 1. The molecule has 108 valence electrons. The van der Waals surface area contributed by atoms with Crippen LogP contribution < -0.4 is 16.0 Å². The van der Waals surface area contributed by atoms with Crippen molar-refractivity contribution in [1.29, 1.82) is 0 Å². The average Bonchev–Trinajstić information content (AvgIpc) is 2.44. The Morgan fingerprint density at radius 3 is 2.70 bits per heavy atom. The lowest BCUT2D eigenvalue weighted by molar-refractivity contribution is -0.125. The third kappa shape index (κ3) is 3.81. The van der Waals surface area contributed by atoms with Crippen LogP contribution in [-0.2, 0) is 9.59 Å². The molecule has 1 fully saturated rings. The van der Waals surface area contributed by atoms with Gasteiger partial charge in [-0.15, -0.1) is 0 Å². The smallest absolute Gasteiger partial charge is 0.241 e. The lowest BCUT2D eigenvalue weighted by atomic mass is 10.1. The molecule has 2 amide bonds. The summed E-state index contributed by atoms with van der Waals surface area (Å²) in [5.41, 5.74) is 1.91. The summed E-state index contributed by atoms with van der Waals surface area (Å²) in [5.74, 6) is -0.154. The van der Waals surface area contributed by atoms with Gasteiger partial charge in [-0.3, -0.25) is 14.9 Å². The molecule has 2 atom stereocenters. The normalized spacial score (nSPS) is 20.1. The van der Waals surface area contributed by atoms with Gasteiger partial charge in [-0.25, -0.2) is 0 Å². The van der Waals surface area contributed by atoms with Crippen molar-refractivity contribution in [3.05, 3.63) is 29.8 Å². The standard InChI is InChI=1S/C15H21N3O2/c1-10-5-7-12(8-6-10)18-14(19)11(2)17-13-4-3-9-16-15(13)20/h5-8,11,13,17H,3-4,9H2,1-2H3,(H,16,20)(H,18,19). The second-order valence-electron chi connectivity index (χ2n) is 5.23. The van der Waals surface area contributed by atoms with E-state index in [4.69, 9.17) is 0 Å². The highest BCUT2D eigenvalue weighted by Crippen LogP contribution is 2.10. The molecule has 5 heteroatoms. The summed E-state index contributed by atoms with van der Waals surface area (Å²) in [7, 11) is 0. The number of carbonyl (C=O) groups excluding carboxylic acids is 2. The maximum atomic E-state index is 12.1. The summed E-state index contributed by atoms with van der Waals surface area (Å²) >= 11 is 0. The Bertz CT molecular complexity index is 484. The number of piperidine rings is 1. The van der Waals surface area contributed by atoms with Gasteiger partial charge in [-0.05, 0) is 38.8 Å². The second-order valence-corrected chi connectivity index (χ2v) is 5.23. The Balaban J connectivity index is 1.88. The predicted octanol–water partition coefficient (Wildman–Crippen LogP) is 1.19. The number of nitrogens with one attached hydrogen (secondary N) is 3. The molecule has 1 aromatic rings. The number of rotatable bonds is 4. The molecule has 2 rings (SSSR count). The van der Waals surface area contributed by atoms with Gasteiger partial charge in [-0.2, -0.15) is 0 Å². The van der Waals surface area contributed by atoms with E-state index in [9.17, 15) is 9.59 Å². The van der Waals surface area contributed by atoms with E-state index in [1.165, 1.54) is 0 Å². The SMILES string of the molecule is Cc1ccc(NC(=O)C(C)NC2CCCNC2=O)cc1. The largest absolute Gasteiger partial charge is 0.355 e. The molecule has 1 aliphatic heterocycles. The number of hydrogen-bond donors (Lipinski definition) is 3. The summed E-state index contributed by atoms with van der Waals surface area (Å²) in [6.45, 7) is 4.49. The fraction of sp³-hybridized carbons (Fsp3) is 0.467. The van der Waals surface area contributed by atoms with Crippen LogP contribution in [0.15, 0.2) is 24.3 Å². The fourth-order valence-corrected chi connectivity index (χ4v) is 2.20. The third-order valence-electron chi connectivity index (χ3n) is 3.45. The van der Waals surface area contributed by atoms with E-state index in [0.29, 0.717) is 0 Å². The number of hydrogen-bond acceptors (Lipinski definition) is 3. The molecule has 5 nitrogen and oxygen atoms in total. The summed E-state index contributed by atoms with van der Waals surface area (Å²) in [6, 6.07) is 6.94. The van der Waals surface area contributed by atoms with Crippen molar-refractivity contribution < 1.29 is 9.59 Å². The first-order valence-electron chi connectivity index (χ1n) is 6.97. The van der Waals surface area contributed by atoms with E-state index in [1.54, 1.807) is 6.92 Å². The molecule has 3 N–H and O–H groups in total. The quantitative estimate of drug-likeness (QED) is 0.773. The van der Waals surface area contributed by atoms with Gasteiger partial charge in [0.15, 0.2) is 0 Å². The highest BCUT2D eigenvalue weighted by atomic mass is 16.2. The van der Waals surface area contributed by atoms with E-state index in [1.807, 2.05) is 31.2 Å². The summed E-state index contributed by atoms with van der Waals surface area (Å²) in [4.78, 5) is 23.7. The molecule has 1 saturated heterocycles. The molecular formula is C15H21N3O2. The van der Waals surface area contributed by atoms with E-state index < -0.39 is 6.04 Å². The molecule has 20 heavy (non-hydrogen) atoms. The van der Waals surface area contributed by atoms with Gasteiger partial charge in [0, 0.05) is 12.2 Å². The third-order valence-corrected chi connectivity index (χ3v) is 3.45. The summed E-state index contributed by atoms with van der Waals surface area (Å²) < 4.78 is 0. The molecule has 0 radical (unpaired) electrons. The number of carbonyl (C=O) groups is 2. The van der Waals surface area contributed by atoms with Gasteiger partial charge in [0.1, 0.15) is 0 Å². The molecule has 1 aliphatic rings. The van der Waals surface area contributed by atoms with Gasteiger partial charge >= 0.3 is 0 Å². The molecule has 0 spiro atoms. The molecule has 0 saturated carbocycles. The van der Waals surface area contributed by atoms with Crippen LogP contribution in [0.5, 0.6) is 0 Å². The van der Waals surface area contributed by atoms with Crippen molar-refractivity contribution >= 4 is 17.5 Å². The maximum Gasteiger partial charge on any atom is 0.241 e. The fourth-order valence-electron chi connectivity index (χ4n) is 2.20. The summed E-state index contributed by atoms with van der Waals surface area (Å²) in [5, 5.41) is 8.72. The molecule has 0 aromatic heterocycles. The van der Waals surface area contributed by atoms with E-state index >= 15 is 0 Å². The van der Waals surface area contributed by atoms with Crippen LogP contribution in [-0.4, -0.2) is 30.4 Å². The van der Waals surface area contributed by atoms with Gasteiger partial charge in [0.05, 0.1) is 12.1 Å². The number of anilines is 1. The van der Waals surface area contributed by atoms with Crippen molar-refractivity contribution in [2.24, 2.45) is 0 Å². The number of aryl methyl sites for hydroxylation is 1. The molecule has 1 heterocycles. The van der Waals surface area contributed by atoms with E-state index in [2.05, 4.69) is 16.0 Å². The van der Waals surface area contributed by atoms with Crippen molar-refractivity contribution in [2.75, 3.05) is 11.9 Å².